The summed E-state index contributed by atoms with van der Waals surface area (Å²) in [5.41, 5.74) is 0. The van der Waals surface area contributed by atoms with Crippen molar-refractivity contribution < 1.29 is 8.42 Å². The maximum absolute atomic E-state index is 12.3. The van der Waals surface area contributed by atoms with E-state index in [9.17, 15) is 8.42 Å². The molecular formula is C12H15N5O2S. The van der Waals surface area contributed by atoms with Gasteiger partial charge < -0.3 is 4.90 Å². The van der Waals surface area contributed by atoms with E-state index in [1.807, 2.05) is 18.2 Å². The second-order valence-corrected chi connectivity index (χ2v) is 6.45. The third kappa shape index (κ3) is 2.39. The van der Waals surface area contributed by atoms with Crippen molar-refractivity contribution in [2.75, 3.05) is 31.1 Å². The predicted molar refractivity (Wildman–Crippen MR) is 73.8 cm³/mol. The molecule has 0 spiro atoms. The van der Waals surface area contributed by atoms with Gasteiger partial charge in [0.1, 0.15) is 10.7 Å². The van der Waals surface area contributed by atoms with Crippen LogP contribution in [-0.2, 0) is 10.0 Å². The number of hydrogen-bond donors (Lipinski definition) is 1. The number of nitrogens with zero attached hydrogens (tertiary/aromatic N) is 4. The zero-order valence-electron chi connectivity index (χ0n) is 10.8. The fourth-order valence-electron chi connectivity index (χ4n) is 2.23. The topological polar surface area (TPSA) is 82.2 Å². The fourth-order valence-corrected chi connectivity index (χ4v) is 3.56. The standard InChI is InChI=1S/C12H15N5O2S/c18-20(19,11-9-14-15-10-11)17-7-5-16(6-8-17)12-3-1-2-4-13-12/h1-4,9-10H,5-8H2,(H,14,15). The number of anilines is 1. The highest BCUT2D eigenvalue weighted by atomic mass is 32.2. The lowest BCUT2D eigenvalue weighted by Gasteiger charge is -2.34. The number of rotatable bonds is 3. The fraction of sp³-hybridized carbons (Fsp3) is 0.333. The van der Waals surface area contributed by atoms with Gasteiger partial charge in [0.05, 0.1) is 6.20 Å². The average molecular weight is 293 g/mol. The van der Waals surface area contributed by atoms with E-state index >= 15 is 0 Å². The highest BCUT2D eigenvalue weighted by Gasteiger charge is 2.29. The second kappa shape index (κ2) is 5.22. The van der Waals surface area contributed by atoms with Crippen LogP contribution in [-0.4, -0.2) is 54.1 Å². The van der Waals surface area contributed by atoms with Crippen molar-refractivity contribution in [2.45, 2.75) is 4.90 Å². The van der Waals surface area contributed by atoms with Crippen LogP contribution in [0.25, 0.3) is 0 Å². The molecule has 3 rings (SSSR count). The minimum absolute atomic E-state index is 0.212. The zero-order valence-corrected chi connectivity index (χ0v) is 11.6. The Morgan fingerprint density at radius 3 is 2.55 bits per heavy atom. The van der Waals surface area contributed by atoms with Gasteiger partial charge in [-0.3, -0.25) is 5.10 Å². The molecule has 106 valence electrons. The van der Waals surface area contributed by atoms with Crippen LogP contribution in [0, 0.1) is 0 Å². The number of nitrogens with one attached hydrogen (secondary N) is 1. The Kier molecular flexibility index (Phi) is 3.41. The van der Waals surface area contributed by atoms with Crippen molar-refractivity contribution in [3.63, 3.8) is 0 Å². The van der Waals surface area contributed by atoms with Gasteiger partial charge in [-0.05, 0) is 12.1 Å². The van der Waals surface area contributed by atoms with Gasteiger partial charge in [-0.25, -0.2) is 13.4 Å². The highest BCUT2D eigenvalue weighted by molar-refractivity contribution is 7.89. The number of sulfonamides is 1. The predicted octanol–water partition coefficient (Wildman–Crippen LogP) is 0.316. The molecule has 0 saturated carbocycles. The van der Waals surface area contributed by atoms with E-state index in [0.29, 0.717) is 26.2 Å². The molecule has 1 aliphatic rings. The molecule has 8 heteroatoms. The summed E-state index contributed by atoms with van der Waals surface area (Å²) in [4.78, 5) is 6.58. The number of aromatic nitrogens is 3. The van der Waals surface area contributed by atoms with Crippen molar-refractivity contribution in [2.24, 2.45) is 0 Å². The first-order chi connectivity index (χ1) is 9.68. The van der Waals surface area contributed by atoms with Crippen LogP contribution in [0.1, 0.15) is 0 Å². The minimum Gasteiger partial charge on any atom is -0.354 e. The first kappa shape index (κ1) is 13.1. The summed E-state index contributed by atoms with van der Waals surface area (Å²) in [7, 11) is -3.43. The van der Waals surface area contributed by atoms with Gasteiger partial charge in [0.15, 0.2) is 0 Å². The second-order valence-electron chi connectivity index (χ2n) is 4.51. The van der Waals surface area contributed by atoms with Crippen molar-refractivity contribution in [1.29, 1.82) is 0 Å². The van der Waals surface area contributed by atoms with Crippen LogP contribution in [0.2, 0.25) is 0 Å². The van der Waals surface area contributed by atoms with Crippen molar-refractivity contribution in [3.05, 3.63) is 36.8 Å². The van der Waals surface area contributed by atoms with Crippen LogP contribution >= 0.6 is 0 Å². The van der Waals surface area contributed by atoms with Crippen molar-refractivity contribution in [3.8, 4) is 0 Å². The summed E-state index contributed by atoms with van der Waals surface area (Å²) >= 11 is 0. The molecule has 2 aromatic heterocycles. The molecule has 20 heavy (non-hydrogen) atoms. The first-order valence-corrected chi connectivity index (χ1v) is 7.77. The molecule has 0 radical (unpaired) electrons. The summed E-state index contributed by atoms with van der Waals surface area (Å²) in [5.74, 6) is 0.882. The van der Waals surface area contributed by atoms with E-state index in [-0.39, 0.29) is 4.90 Å². The molecule has 0 bridgehead atoms. The SMILES string of the molecule is O=S(=O)(c1cn[nH]c1)N1CCN(c2ccccn2)CC1. The smallest absolute Gasteiger partial charge is 0.246 e. The van der Waals surface area contributed by atoms with Gasteiger partial charge in [0.2, 0.25) is 10.0 Å². The maximum atomic E-state index is 12.3. The Bertz CT molecular complexity index is 648. The number of piperazine rings is 1. The molecule has 1 saturated heterocycles. The van der Waals surface area contributed by atoms with E-state index < -0.39 is 10.0 Å². The molecule has 1 fully saturated rings. The van der Waals surface area contributed by atoms with Gasteiger partial charge in [0.25, 0.3) is 0 Å². The third-order valence-electron chi connectivity index (χ3n) is 3.32. The molecule has 2 aromatic rings. The summed E-state index contributed by atoms with van der Waals surface area (Å²) in [6, 6.07) is 5.72. The lowest BCUT2D eigenvalue weighted by molar-refractivity contribution is 0.384. The molecule has 0 aliphatic carbocycles. The summed E-state index contributed by atoms with van der Waals surface area (Å²) in [5, 5.41) is 6.23. The van der Waals surface area contributed by atoms with Gasteiger partial charge in [0, 0.05) is 38.6 Å². The number of pyridine rings is 1. The largest absolute Gasteiger partial charge is 0.354 e. The van der Waals surface area contributed by atoms with Crippen LogP contribution < -0.4 is 4.90 Å². The molecule has 7 nitrogen and oxygen atoms in total. The molecular weight excluding hydrogens is 278 g/mol. The van der Waals surface area contributed by atoms with Gasteiger partial charge in [-0.1, -0.05) is 6.07 Å². The molecule has 1 N–H and O–H groups in total. The van der Waals surface area contributed by atoms with E-state index in [1.54, 1.807) is 6.20 Å². The highest BCUT2D eigenvalue weighted by Crippen LogP contribution is 2.18. The summed E-state index contributed by atoms with van der Waals surface area (Å²) in [6.07, 6.45) is 4.48. The maximum Gasteiger partial charge on any atom is 0.246 e. The van der Waals surface area contributed by atoms with Crippen molar-refractivity contribution in [1.82, 2.24) is 19.5 Å². The van der Waals surface area contributed by atoms with Crippen LogP contribution in [0.4, 0.5) is 5.82 Å². The number of hydrogen-bond acceptors (Lipinski definition) is 5. The minimum atomic E-state index is -3.43. The molecule has 0 unspecified atom stereocenters. The van der Waals surface area contributed by atoms with Gasteiger partial charge in [-0.2, -0.15) is 9.40 Å². The van der Waals surface area contributed by atoms with Crippen LogP contribution in [0.3, 0.4) is 0 Å². The quantitative estimate of drug-likeness (QED) is 0.881. The van der Waals surface area contributed by atoms with Crippen LogP contribution in [0.5, 0.6) is 0 Å². The van der Waals surface area contributed by atoms with Crippen LogP contribution in [0.15, 0.2) is 41.7 Å². The van der Waals surface area contributed by atoms with Crippen molar-refractivity contribution >= 4 is 15.8 Å². The van der Waals surface area contributed by atoms with E-state index in [0.717, 1.165) is 5.82 Å². The van der Waals surface area contributed by atoms with Gasteiger partial charge >= 0.3 is 0 Å². The molecule has 3 heterocycles. The lowest BCUT2D eigenvalue weighted by Crippen LogP contribution is -2.48. The van der Waals surface area contributed by atoms with E-state index in [1.165, 1.54) is 16.7 Å². The van der Waals surface area contributed by atoms with E-state index in [4.69, 9.17) is 0 Å². The molecule has 0 amide bonds. The zero-order chi connectivity index (χ0) is 14.0. The molecule has 0 atom stereocenters. The van der Waals surface area contributed by atoms with Gasteiger partial charge in [-0.15, -0.1) is 0 Å². The third-order valence-corrected chi connectivity index (χ3v) is 5.19. The lowest BCUT2D eigenvalue weighted by atomic mass is 10.3. The monoisotopic (exact) mass is 293 g/mol. The first-order valence-electron chi connectivity index (χ1n) is 6.33. The summed E-state index contributed by atoms with van der Waals surface area (Å²) in [6.45, 7) is 2.16. The Morgan fingerprint density at radius 1 is 1.15 bits per heavy atom. The number of aromatic amines is 1. The number of H-pyrrole nitrogens is 1. The molecule has 1 aliphatic heterocycles. The average Bonchev–Trinajstić information content (AvgIpc) is 3.03. The Morgan fingerprint density at radius 2 is 1.95 bits per heavy atom. The molecule has 0 aromatic carbocycles. The van der Waals surface area contributed by atoms with E-state index in [2.05, 4.69) is 20.1 Å². The summed E-state index contributed by atoms with van der Waals surface area (Å²) < 4.78 is 26.1. The Hall–Kier alpha value is -1.93. The normalized spacial score (nSPS) is 17.3. The Balaban J connectivity index is 1.70. The Labute approximate surface area is 117 Å².